The van der Waals surface area contributed by atoms with E-state index in [4.69, 9.17) is 10.5 Å². The minimum Gasteiger partial charge on any atom is -0.494 e. The number of benzene rings is 1. The Morgan fingerprint density at radius 2 is 2.00 bits per heavy atom. The summed E-state index contributed by atoms with van der Waals surface area (Å²) in [6.07, 6.45) is 0. The molecule has 8 nitrogen and oxygen atoms in total. The summed E-state index contributed by atoms with van der Waals surface area (Å²) in [5.41, 5.74) is 5.38. The van der Waals surface area contributed by atoms with Gasteiger partial charge in [-0.2, -0.15) is 0 Å². The van der Waals surface area contributed by atoms with E-state index in [2.05, 4.69) is 15.3 Å². The summed E-state index contributed by atoms with van der Waals surface area (Å²) in [6, 6.07) is 6.47. The maximum atomic E-state index is 12.2. The second-order valence-corrected chi connectivity index (χ2v) is 6.00. The number of nitrogens with zero attached hydrogens (tertiary/aromatic N) is 1. The first-order valence-electron chi connectivity index (χ1n) is 7.47. The van der Waals surface area contributed by atoms with Crippen LogP contribution in [0.25, 0.3) is 0 Å². The van der Waals surface area contributed by atoms with E-state index in [-0.39, 0.29) is 28.2 Å². The van der Waals surface area contributed by atoms with E-state index in [1.165, 1.54) is 6.92 Å². The highest BCUT2D eigenvalue weighted by molar-refractivity contribution is 7.99. The van der Waals surface area contributed by atoms with Crippen LogP contribution < -0.4 is 21.3 Å². The van der Waals surface area contributed by atoms with E-state index in [1.54, 1.807) is 24.3 Å². The van der Waals surface area contributed by atoms with Gasteiger partial charge < -0.3 is 15.8 Å². The normalized spacial score (nSPS) is 10.3. The molecule has 0 bridgehead atoms. The molecule has 2 rings (SSSR count). The molecule has 2 aromatic rings. The molecule has 0 saturated carbocycles. The lowest BCUT2D eigenvalue weighted by Crippen LogP contribution is -2.23. The number of carbonyl (C=O) groups is 2. The van der Waals surface area contributed by atoms with Gasteiger partial charge in [0.25, 0.3) is 11.5 Å². The van der Waals surface area contributed by atoms with Crippen molar-refractivity contribution >= 4 is 35.0 Å². The van der Waals surface area contributed by atoms with Crippen molar-refractivity contribution in [2.75, 3.05) is 23.4 Å². The van der Waals surface area contributed by atoms with Gasteiger partial charge in [0.2, 0.25) is 0 Å². The van der Waals surface area contributed by atoms with E-state index >= 15 is 0 Å². The number of nitrogens with one attached hydrogen (secondary N) is 2. The first-order chi connectivity index (χ1) is 11.9. The van der Waals surface area contributed by atoms with Crippen molar-refractivity contribution in [3.05, 3.63) is 40.2 Å². The highest BCUT2D eigenvalue weighted by Crippen LogP contribution is 2.18. The van der Waals surface area contributed by atoms with Crippen LogP contribution in [-0.4, -0.2) is 34.0 Å². The number of hydrogen-bond acceptors (Lipinski definition) is 7. The van der Waals surface area contributed by atoms with Crippen LogP contribution in [0, 0.1) is 0 Å². The van der Waals surface area contributed by atoms with Crippen molar-refractivity contribution in [3.63, 3.8) is 0 Å². The number of hydrogen-bond donors (Lipinski definition) is 3. The second-order valence-electron chi connectivity index (χ2n) is 5.03. The monoisotopic (exact) mass is 362 g/mol. The van der Waals surface area contributed by atoms with Gasteiger partial charge in [-0.15, -0.1) is 0 Å². The predicted octanol–water partition coefficient (Wildman–Crippen LogP) is 1.68. The zero-order valence-electron chi connectivity index (χ0n) is 13.8. The summed E-state index contributed by atoms with van der Waals surface area (Å²) in [7, 11) is 0. The smallest absolute Gasteiger partial charge is 0.277 e. The third kappa shape index (κ3) is 5.08. The molecule has 25 heavy (non-hydrogen) atoms. The number of Topliss-reactive ketones (excluding diaryl/α,β-unsaturated/α-hetero) is 1. The Hall–Kier alpha value is -2.81. The number of carbonyl (C=O) groups excluding carboxylic acids is 2. The van der Waals surface area contributed by atoms with Crippen molar-refractivity contribution in [1.29, 1.82) is 0 Å². The third-order valence-corrected chi connectivity index (χ3v) is 4.02. The van der Waals surface area contributed by atoms with Crippen LogP contribution in [0.3, 0.4) is 0 Å². The fraction of sp³-hybridized carbons (Fsp3) is 0.250. The van der Waals surface area contributed by atoms with Crippen LogP contribution in [0.5, 0.6) is 5.75 Å². The molecule has 1 amide bonds. The van der Waals surface area contributed by atoms with Crippen LogP contribution in [0.1, 0.15) is 24.2 Å². The number of ether oxygens (including phenoxy) is 1. The first kappa shape index (κ1) is 18.5. The van der Waals surface area contributed by atoms with Gasteiger partial charge in [0.1, 0.15) is 17.2 Å². The molecule has 1 aromatic heterocycles. The maximum Gasteiger partial charge on any atom is 0.277 e. The molecule has 132 valence electrons. The number of amides is 1. The summed E-state index contributed by atoms with van der Waals surface area (Å²) in [5.74, 6) is 0.143. The third-order valence-electron chi connectivity index (χ3n) is 3.00. The minimum absolute atomic E-state index is 0.0564. The number of aromatic nitrogens is 2. The van der Waals surface area contributed by atoms with Gasteiger partial charge in [0, 0.05) is 5.56 Å². The number of aromatic amines is 1. The SMILES string of the molecule is CCOc1ccc(C(=O)Nc2c(N)nc(SCC(C)=O)[nH]c2=O)cc1. The summed E-state index contributed by atoms with van der Waals surface area (Å²) in [6.45, 7) is 3.82. The molecule has 1 aromatic carbocycles. The Balaban J connectivity index is 2.14. The standard InChI is InChI=1S/C16H18N4O4S/c1-3-24-11-6-4-10(5-7-11)14(22)18-12-13(17)19-16(20-15(12)23)25-8-9(2)21/h4-7H,3,8H2,1-2H3,(H,18,22)(H3,17,19,20,23). The quantitative estimate of drug-likeness (QED) is 0.505. The van der Waals surface area contributed by atoms with Crippen LogP contribution >= 0.6 is 11.8 Å². The molecule has 4 N–H and O–H groups in total. The van der Waals surface area contributed by atoms with E-state index < -0.39 is 11.5 Å². The number of H-pyrrole nitrogens is 1. The number of nitrogen functional groups attached to an aromatic ring is 1. The average molecular weight is 362 g/mol. The summed E-state index contributed by atoms with van der Waals surface area (Å²) < 4.78 is 5.31. The minimum atomic E-state index is -0.585. The molecular formula is C16H18N4O4S. The van der Waals surface area contributed by atoms with Gasteiger partial charge in [-0.25, -0.2) is 4.98 Å². The zero-order chi connectivity index (χ0) is 18.4. The van der Waals surface area contributed by atoms with Crippen LogP contribution in [0.4, 0.5) is 11.5 Å². The Bertz CT molecular complexity index is 833. The molecule has 0 saturated heterocycles. The molecule has 0 spiro atoms. The van der Waals surface area contributed by atoms with E-state index in [0.717, 1.165) is 11.8 Å². The lowest BCUT2D eigenvalue weighted by molar-refractivity contribution is -0.114. The van der Waals surface area contributed by atoms with Crippen molar-refractivity contribution in [2.24, 2.45) is 0 Å². The van der Waals surface area contributed by atoms with E-state index in [0.29, 0.717) is 17.9 Å². The van der Waals surface area contributed by atoms with Gasteiger partial charge in [-0.3, -0.25) is 19.4 Å². The molecule has 0 fully saturated rings. The molecule has 0 atom stereocenters. The number of nitrogens with two attached hydrogens (primary N) is 1. The fourth-order valence-corrected chi connectivity index (χ4v) is 2.55. The predicted molar refractivity (Wildman–Crippen MR) is 96.2 cm³/mol. The Morgan fingerprint density at radius 1 is 1.32 bits per heavy atom. The molecule has 1 heterocycles. The molecule has 9 heteroatoms. The molecule has 0 radical (unpaired) electrons. The fourth-order valence-electron chi connectivity index (χ4n) is 1.88. The van der Waals surface area contributed by atoms with Crippen molar-refractivity contribution in [2.45, 2.75) is 19.0 Å². The maximum absolute atomic E-state index is 12.2. The summed E-state index contributed by atoms with van der Waals surface area (Å²) in [4.78, 5) is 41.8. The molecule has 0 aliphatic rings. The molecule has 0 aliphatic carbocycles. The van der Waals surface area contributed by atoms with E-state index in [1.807, 2.05) is 6.92 Å². The van der Waals surface area contributed by atoms with Crippen LogP contribution in [0.15, 0.2) is 34.2 Å². The number of ketones is 1. The van der Waals surface area contributed by atoms with Crippen molar-refractivity contribution in [1.82, 2.24) is 9.97 Å². The van der Waals surface area contributed by atoms with Gasteiger partial charge in [0.05, 0.1) is 12.4 Å². The van der Waals surface area contributed by atoms with Gasteiger partial charge in [-0.05, 0) is 38.1 Å². The largest absolute Gasteiger partial charge is 0.494 e. The van der Waals surface area contributed by atoms with Crippen LogP contribution in [-0.2, 0) is 4.79 Å². The lowest BCUT2D eigenvalue weighted by atomic mass is 10.2. The van der Waals surface area contributed by atoms with Gasteiger partial charge in [-0.1, -0.05) is 11.8 Å². The van der Waals surface area contributed by atoms with Gasteiger partial charge >= 0.3 is 0 Å². The second kappa shape index (κ2) is 8.34. The molecule has 0 aliphatic heterocycles. The Morgan fingerprint density at radius 3 is 2.56 bits per heavy atom. The summed E-state index contributed by atoms with van der Waals surface area (Å²) >= 11 is 1.06. The number of anilines is 2. The van der Waals surface area contributed by atoms with Crippen molar-refractivity contribution in [3.8, 4) is 5.75 Å². The molecular weight excluding hydrogens is 344 g/mol. The molecule has 0 unspecified atom stereocenters. The lowest BCUT2D eigenvalue weighted by Gasteiger charge is -2.09. The zero-order valence-corrected chi connectivity index (χ0v) is 14.6. The van der Waals surface area contributed by atoms with E-state index in [9.17, 15) is 14.4 Å². The van der Waals surface area contributed by atoms with Crippen LogP contribution in [0.2, 0.25) is 0 Å². The first-order valence-corrected chi connectivity index (χ1v) is 8.45. The average Bonchev–Trinajstić information content (AvgIpc) is 2.57. The highest BCUT2D eigenvalue weighted by atomic mass is 32.2. The number of thioether (sulfide) groups is 1. The summed E-state index contributed by atoms with van der Waals surface area (Å²) in [5, 5.41) is 2.67. The van der Waals surface area contributed by atoms with Crippen molar-refractivity contribution < 1.29 is 14.3 Å². The Labute approximate surface area is 148 Å². The highest BCUT2D eigenvalue weighted by Gasteiger charge is 2.14. The van der Waals surface area contributed by atoms with Gasteiger partial charge in [0.15, 0.2) is 11.0 Å². The Kier molecular flexibility index (Phi) is 6.18. The number of rotatable bonds is 7. The topological polar surface area (TPSA) is 127 Å².